The molecule has 0 radical (unpaired) electrons. The van der Waals surface area contributed by atoms with Crippen molar-refractivity contribution in [3.05, 3.63) is 53.6 Å². The first-order valence-electron chi connectivity index (χ1n) is 4.95. The summed E-state index contributed by atoms with van der Waals surface area (Å²) in [6.45, 7) is 0. The molecular weight excluding hydrogens is 222 g/mol. The summed E-state index contributed by atoms with van der Waals surface area (Å²) in [6, 6.07) is 15.4. The summed E-state index contributed by atoms with van der Waals surface area (Å²) in [5, 5.41) is 3.93. The van der Waals surface area contributed by atoms with Crippen molar-refractivity contribution in [1.29, 1.82) is 0 Å². The van der Waals surface area contributed by atoms with Gasteiger partial charge in [-0.05, 0) is 30.3 Å². The molecule has 0 aliphatic heterocycles. The third kappa shape index (κ3) is 2.47. The van der Waals surface area contributed by atoms with Gasteiger partial charge in [-0.1, -0.05) is 29.8 Å². The fraction of sp³-hybridized carbons (Fsp3) is 0.0769. The van der Waals surface area contributed by atoms with E-state index >= 15 is 0 Å². The van der Waals surface area contributed by atoms with Gasteiger partial charge in [0.1, 0.15) is 5.75 Å². The first-order valence-corrected chi connectivity index (χ1v) is 5.33. The standard InChI is InChI=1S/C13H12ClNO/c1-16-13-8-7-10(14)9-12(13)15-11-5-3-2-4-6-11/h2-9,15H,1H3. The van der Waals surface area contributed by atoms with E-state index in [2.05, 4.69) is 5.32 Å². The van der Waals surface area contributed by atoms with Crippen molar-refractivity contribution in [2.24, 2.45) is 0 Å². The minimum Gasteiger partial charge on any atom is -0.495 e. The van der Waals surface area contributed by atoms with Crippen LogP contribution in [0.25, 0.3) is 0 Å². The second kappa shape index (κ2) is 4.90. The molecule has 2 aromatic rings. The fourth-order valence-corrected chi connectivity index (χ4v) is 1.63. The first-order chi connectivity index (χ1) is 7.79. The van der Waals surface area contributed by atoms with Crippen LogP contribution in [0.4, 0.5) is 11.4 Å². The monoisotopic (exact) mass is 233 g/mol. The highest BCUT2D eigenvalue weighted by Crippen LogP contribution is 2.30. The molecule has 0 saturated carbocycles. The van der Waals surface area contributed by atoms with Crippen LogP contribution in [0.2, 0.25) is 5.02 Å². The van der Waals surface area contributed by atoms with Crippen molar-refractivity contribution in [2.75, 3.05) is 12.4 Å². The van der Waals surface area contributed by atoms with E-state index in [4.69, 9.17) is 16.3 Å². The van der Waals surface area contributed by atoms with Crippen molar-refractivity contribution in [2.45, 2.75) is 0 Å². The van der Waals surface area contributed by atoms with Gasteiger partial charge in [-0.25, -0.2) is 0 Å². The molecule has 2 aromatic carbocycles. The van der Waals surface area contributed by atoms with Gasteiger partial charge in [-0.3, -0.25) is 0 Å². The van der Waals surface area contributed by atoms with Crippen molar-refractivity contribution in [3.63, 3.8) is 0 Å². The minimum atomic E-state index is 0.680. The summed E-state index contributed by atoms with van der Waals surface area (Å²) in [5.74, 6) is 0.772. The Morgan fingerprint density at radius 2 is 1.81 bits per heavy atom. The molecule has 0 amide bonds. The topological polar surface area (TPSA) is 21.3 Å². The number of para-hydroxylation sites is 1. The fourth-order valence-electron chi connectivity index (χ4n) is 1.45. The van der Waals surface area contributed by atoms with Crippen LogP contribution in [0, 0.1) is 0 Å². The van der Waals surface area contributed by atoms with Crippen LogP contribution in [0.15, 0.2) is 48.5 Å². The summed E-state index contributed by atoms with van der Waals surface area (Å²) < 4.78 is 5.25. The Labute approximate surface area is 99.8 Å². The maximum absolute atomic E-state index is 5.94. The summed E-state index contributed by atoms with van der Waals surface area (Å²) in [7, 11) is 1.64. The molecule has 0 aliphatic carbocycles. The molecule has 1 N–H and O–H groups in total. The summed E-state index contributed by atoms with van der Waals surface area (Å²) in [6.07, 6.45) is 0. The van der Waals surface area contributed by atoms with Crippen molar-refractivity contribution < 1.29 is 4.74 Å². The SMILES string of the molecule is COc1ccc(Cl)cc1Nc1ccccc1. The minimum absolute atomic E-state index is 0.680. The van der Waals surface area contributed by atoms with Gasteiger partial charge in [0.15, 0.2) is 0 Å². The number of methoxy groups -OCH3 is 1. The van der Waals surface area contributed by atoms with Gasteiger partial charge >= 0.3 is 0 Å². The van der Waals surface area contributed by atoms with Crippen molar-refractivity contribution in [3.8, 4) is 5.75 Å². The molecule has 0 fully saturated rings. The van der Waals surface area contributed by atoms with Gasteiger partial charge in [0, 0.05) is 10.7 Å². The Bertz CT molecular complexity index is 471. The number of rotatable bonds is 3. The summed E-state index contributed by atoms with van der Waals surface area (Å²) in [5.41, 5.74) is 1.87. The zero-order valence-electron chi connectivity index (χ0n) is 8.91. The Hall–Kier alpha value is -1.67. The van der Waals surface area contributed by atoms with Gasteiger partial charge in [-0.15, -0.1) is 0 Å². The van der Waals surface area contributed by atoms with Crippen LogP contribution in [0.3, 0.4) is 0 Å². The predicted octanol–water partition coefficient (Wildman–Crippen LogP) is 4.09. The number of nitrogens with one attached hydrogen (secondary N) is 1. The Kier molecular flexibility index (Phi) is 3.32. The summed E-state index contributed by atoms with van der Waals surface area (Å²) >= 11 is 5.94. The molecule has 2 nitrogen and oxygen atoms in total. The van der Waals surface area contributed by atoms with Gasteiger partial charge in [0.2, 0.25) is 0 Å². The van der Waals surface area contributed by atoms with E-state index in [9.17, 15) is 0 Å². The lowest BCUT2D eigenvalue weighted by Crippen LogP contribution is -1.94. The Morgan fingerprint density at radius 3 is 2.50 bits per heavy atom. The lowest BCUT2D eigenvalue weighted by Gasteiger charge is -2.11. The van der Waals surface area contributed by atoms with Crippen LogP contribution in [0.1, 0.15) is 0 Å². The molecular formula is C13H12ClNO. The number of ether oxygens (including phenoxy) is 1. The largest absolute Gasteiger partial charge is 0.495 e. The normalized spacial score (nSPS) is 9.88. The lowest BCUT2D eigenvalue weighted by atomic mass is 10.2. The smallest absolute Gasteiger partial charge is 0.142 e. The highest BCUT2D eigenvalue weighted by Gasteiger charge is 2.03. The molecule has 0 aliphatic rings. The predicted molar refractivity (Wildman–Crippen MR) is 67.7 cm³/mol. The number of halogens is 1. The number of hydrogen-bond donors (Lipinski definition) is 1. The first kappa shape index (κ1) is 10.8. The molecule has 0 aromatic heterocycles. The zero-order valence-corrected chi connectivity index (χ0v) is 9.66. The molecule has 0 spiro atoms. The third-order valence-electron chi connectivity index (χ3n) is 2.21. The molecule has 16 heavy (non-hydrogen) atoms. The molecule has 0 atom stereocenters. The second-order valence-electron chi connectivity index (χ2n) is 3.34. The van der Waals surface area contributed by atoms with Gasteiger partial charge < -0.3 is 10.1 Å². The Morgan fingerprint density at radius 1 is 1.06 bits per heavy atom. The molecule has 82 valence electrons. The van der Waals surface area contributed by atoms with E-state index in [0.717, 1.165) is 17.1 Å². The van der Waals surface area contributed by atoms with E-state index in [1.54, 1.807) is 13.2 Å². The quantitative estimate of drug-likeness (QED) is 0.862. The van der Waals surface area contributed by atoms with E-state index in [0.29, 0.717) is 5.02 Å². The van der Waals surface area contributed by atoms with E-state index in [1.807, 2.05) is 42.5 Å². The van der Waals surface area contributed by atoms with Gasteiger partial charge in [0.05, 0.1) is 12.8 Å². The molecule has 0 heterocycles. The van der Waals surface area contributed by atoms with Gasteiger partial charge in [-0.2, -0.15) is 0 Å². The van der Waals surface area contributed by atoms with Crippen LogP contribution < -0.4 is 10.1 Å². The maximum Gasteiger partial charge on any atom is 0.142 e. The highest BCUT2D eigenvalue weighted by atomic mass is 35.5. The van der Waals surface area contributed by atoms with Crippen molar-refractivity contribution >= 4 is 23.0 Å². The third-order valence-corrected chi connectivity index (χ3v) is 2.45. The van der Waals surface area contributed by atoms with E-state index in [-0.39, 0.29) is 0 Å². The van der Waals surface area contributed by atoms with Crippen LogP contribution >= 0.6 is 11.6 Å². The Balaban J connectivity index is 2.30. The molecule has 3 heteroatoms. The molecule has 2 rings (SSSR count). The van der Waals surface area contributed by atoms with Gasteiger partial charge in [0.25, 0.3) is 0 Å². The zero-order chi connectivity index (χ0) is 11.4. The second-order valence-corrected chi connectivity index (χ2v) is 3.77. The number of hydrogen-bond acceptors (Lipinski definition) is 2. The van der Waals surface area contributed by atoms with Crippen LogP contribution in [-0.4, -0.2) is 7.11 Å². The average Bonchev–Trinajstić information content (AvgIpc) is 2.31. The average molecular weight is 234 g/mol. The number of benzene rings is 2. The molecule has 0 bridgehead atoms. The summed E-state index contributed by atoms with van der Waals surface area (Å²) in [4.78, 5) is 0. The lowest BCUT2D eigenvalue weighted by molar-refractivity contribution is 0.417. The molecule has 0 saturated heterocycles. The van der Waals surface area contributed by atoms with E-state index < -0.39 is 0 Å². The highest BCUT2D eigenvalue weighted by molar-refractivity contribution is 6.31. The van der Waals surface area contributed by atoms with Crippen LogP contribution in [0.5, 0.6) is 5.75 Å². The van der Waals surface area contributed by atoms with Crippen LogP contribution in [-0.2, 0) is 0 Å². The van der Waals surface area contributed by atoms with Crippen molar-refractivity contribution in [1.82, 2.24) is 0 Å². The maximum atomic E-state index is 5.94. The van der Waals surface area contributed by atoms with E-state index in [1.165, 1.54) is 0 Å². The molecule has 0 unspecified atom stereocenters. The number of anilines is 2.